The summed E-state index contributed by atoms with van der Waals surface area (Å²) in [6.45, 7) is 0.146. The lowest BCUT2D eigenvalue weighted by atomic mass is 9.99. The highest BCUT2D eigenvalue weighted by molar-refractivity contribution is 6.30. The SMILES string of the molecule is O=C(Nc1ccc(Cl)c(F)c1)NC1(C(=O)O)CCOC1. The van der Waals surface area contributed by atoms with E-state index >= 15 is 0 Å². The minimum absolute atomic E-state index is 0.0674. The van der Waals surface area contributed by atoms with E-state index in [9.17, 15) is 14.0 Å². The molecule has 1 fully saturated rings. The molecule has 8 heteroatoms. The highest BCUT2D eigenvalue weighted by Gasteiger charge is 2.44. The maximum atomic E-state index is 13.2. The topological polar surface area (TPSA) is 87.7 Å². The van der Waals surface area contributed by atoms with E-state index in [4.69, 9.17) is 21.4 Å². The van der Waals surface area contributed by atoms with Gasteiger partial charge >= 0.3 is 12.0 Å². The molecule has 2 rings (SSSR count). The molecular formula is C12H12ClFN2O4. The molecule has 6 nitrogen and oxygen atoms in total. The second kappa shape index (κ2) is 5.64. The molecule has 0 aromatic heterocycles. The van der Waals surface area contributed by atoms with Gasteiger partial charge in [-0.05, 0) is 18.2 Å². The van der Waals surface area contributed by atoms with Crippen LogP contribution < -0.4 is 10.6 Å². The number of carboxylic acids is 1. The number of carboxylic acid groups (broad SMARTS) is 1. The summed E-state index contributed by atoms with van der Waals surface area (Å²) in [6.07, 6.45) is 0.171. The Morgan fingerprint density at radius 3 is 2.75 bits per heavy atom. The van der Waals surface area contributed by atoms with E-state index in [1.165, 1.54) is 12.1 Å². The second-order valence-electron chi connectivity index (χ2n) is 4.40. The predicted octanol–water partition coefficient (Wildman–Crippen LogP) is 1.84. The molecule has 1 aliphatic rings. The van der Waals surface area contributed by atoms with Gasteiger partial charge in [0.25, 0.3) is 0 Å². The van der Waals surface area contributed by atoms with Gasteiger partial charge in [0, 0.05) is 18.7 Å². The van der Waals surface area contributed by atoms with Gasteiger partial charge in [0.05, 0.1) is 11.6 Å². The molecule has 0 spiro atoms. The minimum Gasteiger partial charge on any atom is -0.479 e. The van der Waals surface area contributed by atoms with E-state index in [-0.39, 0.29) is 30.3 Å². The van der Waals surface area contributed by atoms with Crippen molar-refractivity contribution in [3.63, 3.8) is 0 Å². The van der Waals surface area contributed by atoms with E-state index < -0.39 is 23.4 Å². The quantitative estimate of drug-likeness (QED) is 0.795. The third-order valence-electron chi connectivity index (χ3n) is 2.96. The Morgan fingerprint density at radius 2 is 2.20 bits per heavy atom. The third-order valence-corrected chi connectivity index (χ3v) is 3.27. The van der Waals surface area contributed by atoms with Gasteiger partial charge in [-0.3, -0.25) is 0 Å². The van der Waals surface area contributed by atoms with Crippen molar-refractivity contribution in [1.29, 1.82) is 0 Å². The Balaban J connectivity index is 2.04. The van der Waals surface area contributed by atoms with Crippen molar-refractivity contribution in [2.45, 2.75) is 12.0 Å². The molecule has 20 heavy (non-hydrogen) atoms. The Morgan fingerprint density at radius 1 is 1.45 bits per heavy atom. The molecule has 1 atom stereocenters. The normalized spacial score (nSPS) is 21.5. The molecule has 2 amide bonds. The molecule has 0 radical (unpaired) electrons. The van der Waals surface area contributed by atoms with Crippen LogP contribution in [0.1, 0.15) is 6.42 Å². The van der Waals surface area contributed by atoms with Crippen LogP contribution in [-0.2, 0) is 9.53 Å². The number of carbonyl (C=O) groups is 2. The number of carbonyl (C=O) groups excluding carboxylic acids is 1. The lowest BCUT2D eigenvalue weighted by Gasteiger charge is -2.23. The van der Waals surface area contributed by atoms with Crippen molar-refractivity contribution in [2.75, 3.05) is 18.5 Å². The number of nitrogens with one attached hydrogen (secondary N) is 2. The molecule has 0 saturated carbocycles. The maximum absolute atomic E-state index is 13.2. The van der Waals surface area contributed by atoms with E-state index in [2.05, 4.69) is 10.6 Å². The number of rotatable bonds is 3. The standard InChI is InChI=1S/C12H12ClFN2O4/c13-8-2-1-7(5-9(8)14)15-11(19)16-12(10(17)18)3-4-20-6-12/h1-2,5H,3-4,6H2,(H,17,18)(H2,15,16,19). The third kappa shape index (κ3) is 3.00. The van der Waals surface area contributed by atoms with Gasteiger partial charge in [-0.15, -0.1) is 0 Å². The van der Waals surface area contributed by atoms with Crippen LogP contribution in [0.5, 0.6) is 0 Å². The van der Waals surface area contributed by atoms with Crippen molar-refractivity contribution >= 4 is 29.3 Å². The van der Waals surface area contributed by atoms with Crippen molar-refractivity contribution in [2.24, 2.45) is 0 Å². The first-order valence-corrected chi connectivity index (χ1v) is 6.16. The second-order valence-corrected chi connectivity index (χ2v) is 4.81. The number of urea groups is 1. The Bertz CT molecular complexity index is 546. The highest BCUT2D eigenvalue weighted by Crippen LogP contribution is 2.21. The maximum Gasteiger partial charge on any atom is 0.332 e. The number of anilines is 1. The smallest absolute Gasteiger partial charge is 0.332 e. The first kappa shape index (κ1) is 14.5. The molecule has 0 bridgehead atoms. The van der Waals surface area contributed by atoms with Crippen molar-refractivity contribution < 1.29 is 23.8 Å². The summed E-state index contributed by atoms with van der Waals surface area (Å²) in [4.78, 5) is 23.0. The molecule has 1 aliphatic heterocycles. The van der Waals surface area contributed by atoms with E-state index in [0.717, 1.165) is 6.07 Å². The number of halogens is 2. The summed E-state index contributed by atoms with van der Waals surface area (Å²) in [7, 11) is 0. The van der Waals surface area contributed by atoms with Crippen LogP contribution in [0.4, 0.5) is 14.9 Å². The van der Waals surface area contributed by atoms with Crippen LogP contribution in [0.3, 0.4) is 0 Å². The van der Waals surface area contributed by atoms with Crippen LogP contribution in [0.2, 0.25) is 5.02 Å². The average Bonchev–Trinajstić information content (AvgIpc) is 2.83. The summed E-state index contributed by atoms with van der Waals surface area (Å²) in [6, 6.07) is 2.99. The molecule has 1 aromatic carbocycles. The molecule has 1 aromatic rings. The Labute approximate surface area is 118 Å². The molecule has 108 valence electrons. The van der Waals surface area contributed by atoms with Gasteiger partial charge in [0.1, 0.15) is 5.82 Å². The van der Waals surface area contributed by atoms with Crippen LogP contribution in [0, 0.1) is 5.82 Å². The number of aliphatic carboxylic acids is 1. The highest BCUT2D eigenvalue weighted by atomic mass is 35.5. The van der Waals surface area contributed by atoms with Gasteiger partial charge in [-0.25, -0.2) is 14.0 Å². The van der Waals surface area contributed by atoms with Crippen LogP contribution >= 0.6 is 11.6 Å². The number of ether oxygens (including phenoxy) is 1. The molecule has 1 unspecified atom stereocenters. The Kier molecular flexibility index (Phi) is 4.10. The lowest BCUT2D eigenvalue weighted by molar-refractivity contribution is -0.144. The zero-order valence-corrected chi connectivity index (χ0v) is 11.0. The predicted molar refractivity (Wildman–Crippen MR) is 69.4 cm³/mol. The van der Waals surface area contributed by atoms with Crippen LogP contribution in [0.25, 0.3) is 0 Å². The van der Waals surface area contributed by atoms with Gasteiger partial charge in [-0.2, -0.15) is 0 Å². The summed E-state index contributed by atoms with van der Waals surface area (Å²) in [5.74, 6) is -1.85. The molecular weight excluding hydrogens is 291 g/mol. The lowest BCUT2D eigenvalue weighted by Crippen LogP contribution is -2.56. The fourth-order valence-corrected chi connectivity index (χ4v) is 1.96. The summed E-state index contributed by atoms with van der Waals surface area (Å²) in [5.41, 5.74) is -1.28. The number of hydrogen-bond donors (Lipinski definition) is 3. The number of hydrogen-bond acceptors (Lipinski definition) is 3. The van der Waals surface area contributed by atoms with Gasteiger partial charge in [0.2, 0.25) is 0 Å². The summed E-state index contributed by atoms with van der Waals surface area (Å²) >= 11 is 5.52. The molecule has 3 N–H and O–H groups in total. The molecule has 1 saturated heterocycles. The first-order valence-electron chi connectivity index (χ1n) is 5.78. The monoisotopic (exact) mass is 302 g/mol. The van der Waals surface area contributed by atoms with Gasteiger partial charge < -0.3 is 20.5 Å². The van der Waals surface area contributed by atoms with Crippen molar-refractivity contribution in [3.05, 3.63) is 29.0 Å². The fraction of sp³-hybridized carbons (Fsp3) is 0.333. The number of amides is 2. The van der Waals surface area contributed by atoms with Crippen LogP contribution in [0.15, 0.2) is 18.2 Å². The average molecular weight is 303 g/mol. The van der Waals surface area contributed by atoms with E-state index in [0.29, 0.717) is 0 Å². The minimum atomic E-state index is -1.45. The zero-order chi connectivity index (χ0) is 14.8. The number of benzene rings is 1. The zero-order valence-electron chi connectivity index (χ0n) is 10.3. The summed E-state index contributed by atoms with van der Waals surface area (Å²) in [5, 5.41) is 13.8. The molecule has 0 aliphatic carbocycles. The Hall–Kier alpha value is -1.86. The van der Waals surface area contributed by atoms with Crippen molar-refractivity contribution in [1.82, 2.24) is 5.32 Å². The molecule has 1 heterocycles. The van der Waals surface area contributed by atoms with Gasteiger partial charge in [0.15, 0.2) is 5.54 Å². The first-order chi connectivity index (χ1) is 9.43. The summed E-state index contributed by atoms with van der Waals surface area (Å²) < 4.78 is 18.2. The van der Waals surface area contributed by atoms with Crippen molar-refractivity contribution in [3.8, 4) is 0 Å². The van der Waals surface area contributed by atoms with Crippen LogP contribution in [-0.4, -0.2) is 35.9 Å². The van der Waals surface area contributed by atoms with E-state index in [1.807, 2.05) is 0 Å². The fourth-order valence-electron chi connectivity index (χ4n) is 1.84. The van der Waals surface area contributed by atoms with Gasteiger partial charge in [-0.1, -0.05) is 11.6 Å². The largest absolute Gasteiger partial charge is 0.479 e. The van der Waals surface area contributed by atoms with E-state index in [1.54, 1.807) is 0 Å².